The Labute approximate surface area is 127 Å². The average molecular weight is 293 g/mol. The van der Waals surface area contributed by atoms with Crippen molar-refractivity contribution in [3.05, 3.63) is 40.9 Å². The predicted octanol–water partition coefficient (Wildman–Crippen LogP) is 4.30. The lowest BCUT2D eigenvalue weighted by molar-refractivity contribution is 0.308. The first-order valence-electron chi connectivity index (χ1n) is 7.48. The van der Waals surface area contributed by atoms with Crippen molar-refractivity contribution in [2.24, 2.45) is 0 Å². The van der Waals surface area contributed by atoms with Gasteiger partial charge in [0.05, 0.1) is 0 Å². The highest BCUT2D eigenvalue weighted by molar-refractivity contribution is 6.25. The third-order valence-corrected chi connectivity index (χ3v) is 4.83. The van der Waals surface area contributed by atoms with E-state index in [4.69, 9.17) is 11.6 Å². The van der Waals surface area contributed by atoms with Gasteiger partial charge in [0.1, 0.15) is 0 Å². The molecule has 0 amide bonds. The van der Waals surface area contributed by atoms with Crippen molar-refractivity contribution in [1.82, 2.24) is 5.32 Å². The number of nitrogens with one attached hydrogen (secondary N) is 1. The van der Waals surface area contributed by atoms with Crippen LogP contribution in [0, 0.1) is 0 Å². The summed E-state index contributed by atoms with van der Waals surface area (Å²) in [5, 5.41) is 3.78. The summed E-state index contributed by atoms with van der Waals surface area (Å²) in [4.78, 5) is 2.47. The summed E-state index contributed by atoms with van der Waals surface area (Å²) in [5.41, 5.74) is 5.79. The summed E-state index contributed by atoms with van der Waals surface area (Å²) >= 11 is 5.87. The third-order valence-electron chi connectivity index (χ3n) is 4.46. The van der Waals surface area contributed by atoms with E-state index in [9.17, 15) is 0 Å². The molecule has 1 N–H and O–H groups in total. The topological polar surface area (TPSA) is 15.3 Å². The maximum Gasteiger partial charge on any atom is 0.0415 e. The molecule has 0 saturated carbocycles. The molecule has 0 saturated heterocycles. The molecule has 0 aliphatic carbocycles. The standard InChI is InChI=1S/C17H25ClN2/c1-4-17(5-2)13-20(12-14(3)10-18)16-9-7-6-8-15(16)11-19-17/h6-10,19H,4-5,11-13H2,1-3H3/b14-10+. The third kappa shape index (κ3) is 3.18. The van der Waals surface area contributed by atoms with Gasteiger partial charge in [-0.25, -0.2) is 0 Å². The van der Waals surface area contributed by atoms with Crippen LogP contribution in [0.15, 0.2) is 35.4 Å². The molecule has 0 aromatic heterocycles. The lowest BCUT2D eigenvalue weighted by Gasteiger charge is -2.36. The van der Waals surface area contributed by atoms with Crippen LogP contribution in [-0.4, -0.2) is 18.6 Å². The minimum absolute atomic E-state index is 0.186. The monoisotopic (exact) mass is 292 g/mol. The number of halogens is 1. The molecule has 1 heterocycles. The van der Waals surface area contributed by atoms with Gasteiger partial charge in [-0.2, -0.15) is 0 Å². The predicted molar refractivity (Wildman–Crippen MR) is 88.4 cm³/mol. The summed E-state index contributed by atoms with van der Waals surface area (Å²) in [5.74, 6) is 0. The maximum absolute atomic E-state index is 5.87. The first-order chi connectivity index (χ1) is 9.64. The minimum atomic E-state index is 0.186. The molecular formula is C17H25ClN2. The first kappa shape index (κ1) is 15.4. The molecule has 2 nitrogen and oxygen atoms in total. The number of hydrogen-bond donors (Lipinski definition) is 1. The van der Waals surface area contributed by atoms with Gasteiger partial charge in [0.15, 0.2) is 0 Å². The molecule has 3 heteroatoms. The highest BCUT2D eigenvalue weighted by atomic mass is 35.5. The van der Waals surface area contributed by atoms with E-state index >= 15 is 0 Å². The molecule has 0 atom stereocenters. The van der Waals surface area contributed by atoms with Gasteiger partial charge >= 0.3 is 0 Å². The second-order valence-corrected chi connectivity index (χ2v) is 6.00. The van der Waals surface area contributed by atoms with Crippen molar-refractivity contribution in [3.8, 4) is 0 Å². The van der Waals surface area contributed by atoms with Crippen molar-refractivity contribution in [2.45, 2.75) is 45.7 Å². The normalized spacial score (nSPS) is 18.6. The van der Waals surface area contributed by atoms with E-state index in [1.807, 2.05) is 0 Å². The van der Waals surface area contributed by atoms with Crippen molar-refractivity contribution in [2.75, 3.05) is 18.0 Å². The van der Waals surface area contributed by atoms with Gasteiger partial charge in [0.25, 0.3) is 0 Å². The number of fused-ring (bicyclic) bond motifs is 1. The number of benzene rings is 1. The SMILES string of the molecule is CCC1(CC)CN(C/C(C)=C/Cl)c2ccccc2CN1. The van der Waals surface area contributed by atoms with E-state index in [0.717, 1.165) is 32.5 Å². The average Bonchev–Trinajstić information content (AvgIpc) is 2.65. The van der Waals surface area contributed by atoms with Crippen LogP contribution >= 0.6 is 11.6 Å². The Balaban J connectivity index is 2.37. The highest BCUT2D eigenvalue weighted by Crippen LogP contribution is 2.30. The second kappa shape index (κ2) is 6.64. The Kier molecular flexibility index (Phi) is 5.11. The number of hydrogen-bond acceptors (Lipinski definition) is 2. The molecule has 110 valence electrons. The van der Waals surface area contributed by atoms with Gasteiger partial charge in [-0.3, -0.25) is 0 Å². The van der Waals surface area contributed by atoms with Gasteiger partial charge in [0, 0.05) is 36.4 Å². The zero-order valence-corrected chi connectivity index (χ0v) is 13.5. The molecule has 20 heavy (non-hydrogen) atoms. The Morgan fingerprint density at radius 2 is 2.05 bits per heavy atom. The zero-order valence-electron chi connectivity index (χ0n) is 12.7. The van der Waals surface area contributed by atoms with E-state index < -0.39 is 0 Å². The van der Waals surface area contributed by atoms with Crippen molar-refractivity contribution in [3.63, 3.8) is 0 Å². The van der Waals surface area contributed by atoms with Crippen molar-refractivity contribution >= 4 is 17.3 Å². The van der Waals surface area contributed by atoms with Crippen LogP contribution in [0.5, 0.6) is 0 Å². The molecule has 0 unspecified atom stereocenters. The fourth-order valence-electron chi connectivity index (χ4n) is 2.96. The summed E-state index contributed by atoms with van der Waals surface area (Å²) in [6.07, 6.45) is 2.27. The highest BCUT2D eigenvalue weighted by Gasteiger charge is 2.31. The second-order valence-electron chi connectivity index (χ2n) is 5.78. The van der Waals surface area contributed by atoms with Crippen LogP contribution in [0.4, 0.5) is 5.69 Å². The molecule has 1 aromatic carbocycles. The molecule has 0 radical (unpaired) electrons. The van der Waals surface area contributed by atoms with Crippen LogP contribution in [0.25, 0.3) is 0 Å². The van der Waals surface area contributed by atoms with Gasteiger partial charge in [-0.05, 0) is 37.0 Å². The first-order valence-corrected chi connectivity index (χ1v) is 7.91. The molecule has 1 aromatic rings. The molecule has 0 spiro atoms. The van der Waals surface area contributed by atoms with Crippen molar-refractivity contribution < 1.29 is 0 Å². The van der Waals surface area contributed by atoms with E-state index in [1.54, 1.807) is 5.54 Å². The molecule has 0 bridgehead atoms. The largest absolute Gasteiger partial charge is 0.365 e. The van der Waals surface area contributed by atoms with Gasteiger partial charge < -0.3 is 10.2 Å². The fraction of sp³-hybridized carbons (Fsp3) is 0.529. The van der Waals surface area contributed by atoms with Crippen molar-refractivity contribution in [1.29, 1.82) is 0 Å². The Hall–Kier alpha value is -0.990. The van der Waals surface area contributed by atoms with Crippen LogP contribution in [0.1, 0.15) is 39.2 Å². The molecule has 1 aliphatic heterocycles. The Morgan fingerprint density at radius 1 is 1.35 bits per heavy atom. The minimum Gasteiger partial charge on any atom is -0.365 e. The Morgan fingerprint density at radius 3 is 2.70 bits per heavy atom. The van der Waals surface area contributed by atoms with Gasteiger partial charge in [-0.1, -0.05) is 43.6 Å². The number of rotatable bonds is 4. The number of para-hydroxylation sites is 1. The molecule has 0 fully saturated rings. The molecular weight excluding hydrogens is 268 g/mol. The molecule has 1 aliphatic rings. The van der Waals surface area contributed by atoms with Crippen LogP contribution in [0.2, 0.25) is 0 Å². The number of anilines is 1. The summed E-state index contributed by atoms with van der Waals surface area (Å²) < 4.78 is 0. The van der Waals surface area contributed by atoms with Crippen LogP contribution in [0.3, 0.4) is 0 Å². The van der Waals surface area contributed by atoms with E-state index in [0.29, 0.717) is 0 Å². The van der Waals surface area contributed by atoms with Gasteiger partial charge in [-0.15, -0.1) is 0 Å². The smallest absolute Gasteiger partial charge is 0.0415 e. The quantitative estimate of drug-likeness (QED) is 0.890. The maximum atomic E-state index is 5.87. The summed E-state index contributed by atoms with van der Waals surface area (Å²) in [6.45, 7) is 9.50. The lowest BCUT2D eigenvalue weighted by Crippen LogP contribution is -2.51. The van der Waals surface area contributed by atoms with E-state index in [1.165, 1.54) is 16.8 Å². The molecule has 2 rings (SSSR count). The van der Waals surface area contributed by atoms with E-state index in [-0.39, 0.29) is 5.54 Å². The summed E-state index contributed by atoms with van der Waals surface area (Å²) in [7, 11) is 0. The Bertz CT molecular complexity index is 478. The zero-order chi connectivity index (χ0) is 14.6. The lowest BCUT2D eigenvalue weighted by atomic mass is 9.92. The summed E-state index contributed by atoms with van der Waals surface area (Å²) in [6, 6.07) is 8.68. The van der Waals surface area contributed by atoms with E-state index in [2.05, 4.69) is 55.3 Å². The fourth-order valence-corrected chi connectivity index (χ4v) is 3.03. The van der Waals surface area contributed by atoms with Gasteiger partial charge in [0.2, 0.25) is 0 Å². The van der Waals surface area contributed by atoms with Crippen LogP contribution < -0.4 is 10.2 Å². The van der Waals surface area contributed by atoms with Crippen LogP contribution in [-0.2, 0) is 6.54 Å². The number of nitrogens with zero attached hydrogens (tertiary/aromatic N) is 1.